The van der Waals surface area contributed by atoms with Crippen LogP contribution in [-0.4, -0.2) is 39.4 Å². The molecule has 1 saturated heterocycles. The third-order valence-electron chi connectivity index (χ3n) is 5.23. The fourth-order valence-corrected chi connectivity index (χ4v) is 3.45. The summed E-state index contributed by atoms with van der Waals surface area (Å²) in [5.74, 6) is 1.46. The largest absolute Gasteiger partial charge is 0.497 e. The van der Waals surface area contributed by atoms with Crippen LogP contribution in [0.5, 0.6) is 11.5 Å². The molecule has 1 aliphatic heterocycles. The summed E-state index contributed by atoms with van der Waals surface area (Å²) >= 11 is 0. The molecule has 0 saturated carbocycles. The molecule has 1 fully saturated rings. The molecular weight excluding hydrogens is 342 g/mol. The molecule has 0 radical (unpaired) electrons. The smallest absolute Gasteiger partial charge is 0.257 e. The van der Waals surface area contributed by atoms with E-state index in [1.54, 1.807) is 7.11 Å². The van der Waals surface area contributed by atoms with E-state index in [-0.39, 0.29) is 17.9 Å². The predicted octanol–water partition coefficient (Wildman–Crippen LogP) is 3.25. The molecule has 0 aliphatic carbocycles. The van der Waals surface area contributed by atoms with Gasteiger partial charge < -0.3 is 19.5 Å². The molecule has 3 rings (SSSR count). The molecule has 0 unspecified atom stereocenters. The minimum atomic E-state index is -0.122. The van der Waals surface area contributed by atoms with E-state index in [9.17, 15) is 4.79 Å². The Bertz CT molecular complexity index is 751. The first-order valence-corrected chi connectivity index (χ1v) is 9.30. The van der Waals surface area contributed by atoms with E-state index < -0.39 is 0 Å². The first-order chi connectivity index (χ1) is 13.1. The first kappa shape index (κ1) is 19.2. The van der Waals surface area contributed by atoms with Crippen molar-refractivity contribution in [3.05, 3.63) is 59.7 Å². The number of rotatable bonds is 7. The van der Waals surface area contributed by atoms with Crippen LogP contribution >= 0.6 is 0 Å². The number of hydrogen-bond acceptors (Lipinski definition) is 4. The van der Waals surface area contributed by atoms with Gasteiger partial charge in [-0.15, -0.1) is 0 Å². The topological polar surface area (TPSA) is 56.8 Å². The minimum absolute atomic E-state index is 0.0139. The molecule has 5 nitrogen and oxygen atoms in total. The van der Waals surface area contributed by atoms with E-state index >= 15 is 0 Å². The summed E-state index contributed by atoms with van der Waals surface area (Å²) in [6, 6.07) is 15.8. The second-order valence-electron chi connectivity index (χ2n) is 6.95. The standard InChI is InChI=1S/C22H27NO4/c1-17-5-3-4-6-20(17)27-15-21(24)23-16-22(11-13-26-14-12-22)18-7-9-19(25-2)10-8-18/h3-10H,11-16H2,1-2H3,(H,23,24). The highest BCUT2D eigenvalue weighted by Gasteiger charge is 2.34. The third kappa shape index (κ3) is 4.80. The zero-order valence-electron chi connectivity index (χ0n) is 16.0. The molecule has 0 atom stereocenters. The van der Waals surface area contributed by atoms with Crippen LogP contribution in [0.25, 0.3) is 0 Å². The Morgan fingerprint density at radius 1 is 1.11 bits per heavy atom. The fraction of sp³-hybridized carbons (Fsp3) is 0.409. The highest BCUT2D eigenvalue weighted by molar-refractivity contribution is 5.77. The zero-order chi connectivity index (χ0) is 19.1. The third-order valence-corrected chi connectivity index (χ3v) is 5.23. The van der Waals surface area contributed by atoms with E-state index in [0.717, 1.165) is 29.9 Å². The molecule has 0 spiro atoms. The summed E-state index contributed by atoms with van der Waals surface area (Å²) in [5.41, 5.74) is 2.10. The van der Waals surface area contributed by atoms with E-state index in [1.807, 2.05) is 43.3 Å². The van der Waals surface area contributed by atoms with Gasteiger partial charge in [0.2, 0.25) is 0 Å². The molecule has 2 aromatic carbocycles. The molecule has 1 heterocycles. The highest BCUT2D eigenvalue weighted by atomic mass is 16.5. The van der Waals surface area contributed by atoms with Crippen LogP contribution in [0.15, 0.2) is 48.5 Å². The Balaban J connectivity index is 1.62. The summed E-state index contributed by atoms with van der Waals surface area (Å²) in [6.07, 6.45) is 1.75. The Morgan fingerprint density at radius 3 is 2.48 bits per heavy atom. The second-order valence-corrected chi connectivity index (χ2v) is 6.95. The summed E-state index contributed by atoms with van der Waals surface area (Å²) in [7, 11) is 1.66. The van der Waals surface area contributed by atoms with Gasteiger partial charge >= 0.3 is 0 Å². The van der Waals surface area contributed by atoms with Gasteiger partial charge in [0.25, 0.3) is 5.91 Å². The van der Waals surface area contributed by atoms with Gasteiger partial charge in [-0.25, -0.2) is 0 Å². The van der Waals surface area contributed by atoms with Gasteiger partial charge in [-0.05, 0) is 49.1 Å². The Labute approximate surface area is 160 Å². The molecule has 5 heteroatoms. The molecule has 2 aromatic rings. The first-order valence-electron chi connectivity index (χ1n) is 9.30. The quantitative estimate of drug-likeness (QED) is 0.814. The number of methoxy groups -OCH3 is 1. The van der Waals surface area contributed by atoms with Crippen LogP contribution in [0.3, 0.4) is 0 Å². The van der Waals surface area contributed by atoms with Gasteiger partial charge in [0.1, 0.15) is 11.5 Å². The molecule has 0 aromatic heterocycles. The fourth-order valence-electron chi connectivity index (χ4n) is 3.45. The van der Waals surface area contributed by atoms with Crippen molar-refractivity contribution in [3.63, 3.8) is 0 Å². The monoisotopic (exact) mass is 369 g/mol. The van der Waals surface area contributed by atoms with Crippen molar-refractivity contribution in [2.24, 2.45) is 0 Å². The van der Waals surface area contributed by atoms with Gasteiger partial charge in [-0.1, -0.05) is 30.3 Å². The van der Waals surface area contributed by atoms with Crippen LogP contribution in [0.4, 0.5) is 0 Å². The maximum Gasteiger partial charge on any atom is 0.257 e. The van der Waals surface area contributed by atoms with E-state index in [4.69, 9.17) is 14.2 Å². The maximum atomic E-state index is 12.4. The number of aryl methyl sites for hydroxylation is 1. The molecule has 1 N–H and O–H groups in total. The average Bonchev–Trinajstić information content (AvgIpc) is 2.72. The summed E-state index contributed by atoms with van der Waals surface area (Å²) in [5, 5.41) is 3.06. The molecule has 0 bridgehead atoms. The van der Waals surface area contributed by atoms with Crippen molar-refractivity contribution in [2.45, 2.75) is 25.2 Å². The number of para-hydroxylation sites is 1. The Kier molecular flexibility index (Phi) is 6.35. The summed E-state index contributed by atoms with van der Waals surface area (Å²) in [4.78, 5) is 12.4. The predicted molar refractivity (Wildman–Crippen MR) is 104 cm³/mol. The number of ether oxygens (including phenoxy) is 3. The van der Waals surface area contributed by atoms with Gasteiger partial charge in [-0.3, -0.25) is 4.79 Å². The number of hydrogen-bond donors (Lipinski definition) is 1. The summed E-state index contributed by atoms with van der Waals surface area (Å²) in [6.45, 7) is 3.94. The average molecular weight is 369 g/mol. The van der Waals surface area contributed by atoms with Crippen molar-refractivity contribution in [1.82, 2.24) is 5.32 Å². The number of nitrogens with one attached hydrogen (secondary N) is 1. The summed E-state index contributed by atoms with van der Waals surface area (Å²) < 4.78 is 16.5. The van der Waals surface area contributed by atoms with Crippen LogP contribution in [-0.2, 0) is 14.9 Å². The van der Waals surface area contributed by atoms with Gasteiger partial charge in [-0.2, -0.15) is 0 Å². The molecule has 1 aliphatic rings. The van der Waals surface area contributed by atoms with E-state index in [1.165, 1.54) is 5.56 Å². The lowest BCUT2D eigenvalue weighted by Gasteiger charge is -2.38. The lowest BCUT2D eigenvalue weighted by molar-refractivity contribution is -0.123. The number of carbonyl (C=O) groups is 1. The number of carbonyl (C=O) groups excluding carboxylic acids is 1. The number of amides is 1. The van der Waals surface area contributed by atoms with Crippen molar-refractivity contribution in [3.8, 4) is 11.5 Å². The van der Waals surface area contributed by atoms with E-state index in [2.05, 4.69) is 17.4 Å². The molecular formula is C22H27NO4. The molecule has 144 valence electrons. The Hall–Kier alpha value is -2.53. The molecule has 1 amide bonds. The maximum absolute atomic E-state index is 12.4. The minimum Gasteiger partial charge on any atom is -0.497 e. The van der Waals surface area contributed by atoms with Crippen LogP contribution in [0, 0.1) is 6.92 Å². The Morgan fingerprint density at radius 2 is 1.81 bits per heavy atom. The highest BCUT2D eigenvalue weighted by Crippen LogP contribution is 2.35. The number of benzene rings is 2. The van der Waals surface area contributed by atoms with Crippen LogP contribution in [0.1, 0.15) is 24.0 Å². The zero-order valence-corrected chi connectivity index (χ0v) is 16.0. The normalized spacial score (nSPS) is 15.8. The van der Waals surface area contributed by atoms with Crippen molar-refractivity contribution >= 4 is 5.91 Å². The van der Waals surface area contributed by atoms with Crippen LogP contribution in [0.2, 0.25) is 0 Å². The van der Waals surface area contributed by atoms with Gasteiger partial charge in [0.05, 0.1) is 7.11 Å². The lowest BCUT2D eigenvalue weighted by Crippen LogP contribution is -2.45. The van der Waals surface area contributed by atoms with E-state index in [0.29, 0.717) is 19.8 Å². The SMILES string of the molecule is COc1ccc(C2(CNC(=O)COc3ccccc3C)CCOCC2)cc1. The van der Waals surface area contributed by atoms with Crippen molar-refractivity contribution < 1.29 is 19.0 Å². The van der Waals surface area contributed by atoms with Gasteiger partial charge in [0, 0.05) is 25.2 Å². The lowest BCUT2D eigenvalue weighted by atomic mass is 9.74. The van der Waals surface area contributed by atoms with Crippen molar-refractivity contribution in [2.75, 3.05) is 33.5 Å². The second kappa shape index (κ2) is 8.91. The van der Waals surface area contributed by atoms with Crippen LogP contribution < -0.4 is 14.8 Å². The van der Waals surface area contributed by atoms with Crippen molar-refractivity contribution in [1.29, 1.82) is 0 Å². The molecule has 27 heavy (non-hydrogen) atoms. The van der Waals surface area contributed by atoms with Gasteiger partial charge in [0.15, 0.2) is 6.61 Å².